The molecule has 0 aromatic carbocycles. The fourth-order valence-corrected chi connectivity index (χ4v) is 0.464. The maximum atomic E-state index is 9.64. The Morgan fingerprint density at radius 2 is 2.56 bits per heavy atom. The zero-order valence-electron chi connectivity index (χ0n) is 5.46. The summed E-state index contributed by atoms with van der Waals surface area (Å²) in [5.74, 6) is 2.76. The predicted octanol–water partition coefficient (Wildman–Crippen LogP) is 0.819. The summed E-state index contributed by atoms with van der Waals surface area (Å²) in [6, 6.07) is 0. The fourth-order valence-electron chi connectivity index (χ4n) is 0.464. The van der Waals surface area contributed by atoms with E-state index in [0.717, 1.165) is 0 Å². The van der Waals surface area contributed by atoms with Crippen LogP contribution in [0.25, 0.3) is 0 Å². The fraction of sp³-hybridized carbons (Fsp3) is 0.571. The molecule has 0 heterocycles. The standard InChI is InChI=1S/C7H10O2/c1-3-4-7(2)5-9-6-8/h1,6-7H,4-5H2,2H3. The maximum absolute atomic E-state index is 9.64. The molecule has 0 rings (SSSR count). The van der Waals surface area contributed by atoms with Crippen LogP contribution in [0.15, 0.2) is 0 Å². The van der Waals surface area contributed by atoms with Crippen LogP contribution in [0.3, 0.4) is 0 Å². The van der Waals surface area contributed by atoms with Gasteiger partial charge >= 0.3 is 0 Å². The number of rotatable bonds is 4. The van der Waals surface area contributed by atoms with Gasteiger partial charge in [0.25, 0.3) is 6.47 Å². The molecule has 0 fully saturated rings. The largest absolute Gasteiger partial charge is 0.468 e. The second-order valence-corrected chi connectivity index (χ2v) is 1.94. The Morgan fingerprint density at radius 3 is 3.00 bits per heavy atom. The lowest BCUT2D eigenvalue weighted by Crippen LogP contribution is -2.03. The Morgan fingerprint density at radius 1 is 1.89 bits per heavy atom. The molecule has 1 atom stereocenters. The minimum Gasteiger partial charge on any atom is -0.468 e. The first-order valence-electron chi connectivity index (χ1n) is 2.80. The van der Waals surface area contributed by atoms with E-state index in [0.29, 0.717) is 19.5 Å². The van der Waals surface area contributed by atoms with E-state index in [1.165, 1.54) is 0 Å². The van der Waals surface area contributed by atoms with Crippen molar-refractivity contribution in [3.05, 3.63) is 0 Å². The molecule has 50 valence electrons. The average molecular weight is 126 g/mol. The number of ether oxygens (including phenoxy) is 1. The van der Waals surface area contributed by atoms with Gasteiger partial charge in [0, 0.05) is 12.3 Å². The summed E-state index contributed by atoms with van der Waals surface area (Å²) in [5.41, 5.74) is 0. The van der Waals surface area contributed by atoms with Gasteiger partial charge in [-0.25, -0.2) is 0 Å². The van der Waals surface area contributed by atoms with Gasteiger partial charge in [-0.15, -0.1) is 12.3 Å². The summed E-state index contributed by atoms with van der Waals surface area (Å²) in [4.78, 5) is 9.64. The second-order valence-electron chi connectivity index (χ2n) is 1.94. The molecule has 0 aliphatic rings. The van der Waals surface area contributed by atoms with E-state index >= 15 is 0 Å². The number of carbonyl (C=O) groups excluding carboxylic acids is 1. The molecule has 9 heavy (non-hydrogen) atoms. The van der Waals surface area contributed by atoms with E-state index in [2.05, 4.69) is 10.7 Å². The SMILES string of the molecule is C#CCC(C)COC=O. The predicted molar refractivity (Wildman–Crippen MR) is 34.6 cm³/mol. The lowest BCUT2D eigenvalue weighted by Gasteiger charge is -2.03. The minimum atomic E-state index is 0.278. The van der Waals surface area contributed by atoms with E-state index in [1.54, 1.807) is 0 Å². The van der Waals surface area contributed by atoms with Crippen molar-refractivity contribution in [3.8, 4) is 12.3 Å². The maximum Gasteiger partial charge on any atom is 0.293 e. The summed E-state index contributed by atoms with van der Waals surface area (Å²) >= 11 is 0. The van der Waals surface area contributed by atoms with Crippen molar-refractivity contribution < 1.29 is 9.53 Å². The summed E-state index contributed by atoms with van der Waals surface area (Å²) in [5, 5.41) is 0. The number of terminal acetylenes is 1. The zero-order valence-corrected chi connectivity index (χ0v) is 5.46. The van der Waals surface area contributed by atoms with Gasteiger partial charge in [-0.05, 0) is 0 Å². The number of hydrogen-bond donors (Lipinski definition) is 0. The molecule has 0 saturated carbocycles. The van der Waals surface area contributed by atoms with Gasteiger partial charge in [0.2, 0.25) is 0 Å². The van der Waals surface area contributed by atoms with Crippen molar-refractivity contribution in [2.75, 3.05) is 6.61 Å². The van der Waals surface area contributed by atoms with Gasteiger partial charge < -0.3 is 4.74 Å². The van der Waals surface area contributed by atoms with Gasteiger partial charge in [0.1, 0.15) is 0 Å². The third-order valence-electron chi connectivity index (χ3n) is 0.915. The van der Waals surface area contributed by atoms with Crippen molar-refractivity contribution in [2.24, 2.45) is 5.92 Å². The molecule has 1 unspecified atom stereocenters. The third kappa shape index (κ3) is 4.89. The van der Waals surface area contributed by atoms with Gasteiger partial charge in [0.05, 0.1) is 6.61 Å². The highest BCUT2D eigenvalue weighted by Gasteiger charge is 1.97. The summed E-state index contributed by atoms with van der Waals surface area (Å²) in [6.45, 7) is 2.80. The van der Waals surface area contributed by atoms with Crippen molar-refractivity contribution in [2.45, 2.75) is 13.3 Å². The van der Waals surface area contributed by atoms with E-state index in [4.69, 9.17) is 6.42 Å². The second kappa shape index (κ2) is 5.17. The highest BCUT2D eigenvalue weighted by molar-refractivity contribution is 5.36. The topological polar surface area (TPSA) is 26.3 Å². The van der Waals surface area contributed by atoms with Crippen LogP contribution in [0.1, 0.15) is 13.3 Å². The van der Waals surface area contributed by atoms with E-state index in [9.17, 15) is 4.79 Å². The first-order chi connectivity index (χ1) is 4.31. The molecule has 0 aliphatic heterocycles. The lowest BCUT2D eigenvalue weighted by atomic mass is 10.1. The van der Waals surface area contributed by atoms with E-state index in [1.807, 2.05) is 6.92 Å². The van der Waals surface area contributed by atoms with Gasteiger partial charge in [-0.2, -0.15) is 0 Å². The molecule has 0 N–H and O–H groups in total. The van der Waals surface area contributed by atoms with Crippen LogP contribution in [0.2, 0.25) is 0 Å². The normalized spacial score (nSPS) is 11.6. The third-order valence-corrected chi connectivity index (χ3v) is 0.915. The van der Waals surface area contributed by atoms with Crippen LogP contribution in [-0.2, 0) is 9.53 Å². The van der Waals surface area contributed by atoms with E-state index < -0.39 is 0 Å². The first kappa shape index (κ1) is 8.03. The lowest BCUT2D eigenvalue weighted by molar-refractivity contribution is -0.129. The molecule has 2 heteroatoms. The van der Waals surface area contributed by atoms with Gasteiger partial charge in [0.15, 0.2) is 0 Å². The van der Waals surface area contributed by atoms with Crippen molar-refractivity contribution in [3.63, 3.8) is 0 Å². The molecule has 0 saturated heterocycles. The Labute approximate surface area is 55.2 Å². The molecular weight excluding hydrogens is 116 g/mol. The first-order valence-corrected chi connectivity index (χ1v) is 2.80. The zero-order chi connectivity index (χ0) is 7.11. The van der Waals surface area contributed by atoms with Crippen LogP contribution in [0.5, 0.6) is 0 Å². The molecule has 0 aromatic heterocycles. The average Bonchev–Trinajstić information content (AvgIpc) is 1.85. The summed E-state index contributed by atoms with van der Waals surface area (Å²) in [7, 11) is 0. The number of hydrogen-bond acceptors (Lipinski definition) is 2. The molecule has 0 amide bonds. The molecule has 0 aliphatic carbocycles. The molecular formula is C7H10O2. The van der Waals surface area contributed by atoms with Crippen LogP contribution in [-0.4, -0.2) is 13.1 Å². The highest BCUT2D eigenvalue weighted by Crippen LogP contribution is 1.98. The van der Waals surface area contributed by atoms with Crippen molar-refractivity contribution in [1.82, 2.24) is 0 Å². The van der Waals surface area contributed by atoms with Crippen molar-refractivity contribution in [1.29, 1.82) is 0 Å². The molecule has 0 spiro atoms. The Kier molecular flexibility index (Phi) is 4.61. The highest BCUT2D eigenvalue weighted by atomic mass is 16.5. The van der Waals surface area contributed by atoms with Gasteiger partial charge in [-0.1, -0.05) is 6.92 Å². The summed E-state index contributed by atoms with van der Waals surface area (Å²) < 4.78 is 4.47. The number of carbonyl (C=O) groups is 1. The molecule has 2 nitrogen and oxygen atoms in total. The van der Waals surface area contributed by atoms with E-state index in [-0.39, 0.29) is 5.92 Å². The van der Waals surface area contributed by atoms with Crippen LogP contribution in [0.4, 0.5) is 0 Å². The molecule has 0 bridgehead atoms. The van der Waals surface area contributed by atoms with Crippen LogP contribution < -0.4 is 0 Å². The minimum absolute atomic E-state index is 0.278. The van der Waals surface area contributed by atoms with Crippen LogP contribution >= 0.6 is 0 Å². The molecule has 0 aromatic rings. The summed E-state index contributed by atoms with van der Waals surface area (Å²) in [6.07, 6.45) is 5.67. The smallest absolute Gasteiger partial charge is 0.293 e. The van der Waals surface area contributed by atoms with Crippen molar-refractivity contribution >= 4 is 6.47 Å². The Bertz CT molecular complexity index is 113. The Hall–Kier alpha value is -0.970. The quantitative estimate of drug-likeness (QED) is 0.411. The monoisotopic (exact) mass is 126 g/mol. The van der Waals surface area contributed by atoms with Crippen LogP contribution in [0, 0.1) is 18.3 Å². The van der Waals surface area contributed by atoms with Gasteiger partial charge in [-0.3, -0.25) is 4.79 Å². The Balaban J connectivity index is 3.17. The molecule has 0 radical (unpaired) electrons.